The minimum atomic E-state index is -1.81. The highest BCUT2D eigenvalue weighted by Gasteiger charge is 2.50. The average Bonchev–Trinajstić information content (AvgIpc) is 3.49. The Balaban J connectivity index is 1.20. The van der Waals surface area contributed by atoms with E-state index in [9.17, 15) is 24.2 Å². The summed E-state index contributed by atoms with van der Waals surface area (Å²) in [7, 11) is 0. The van der Waals surface area contributed by atoms with Gasteiger partial charge in [0.25, 0.3) is 11.8 Å². The summed E-state index contributed by atoms with van der Waals surface area (Å²) in [6.07, 6.45) is 2.12. The molecule has 1 unspecified atom stereocenters. The number of aryl methyl sites for hydroxylation is 1. The van der Waals surface area contributed by atoms with Crippen molar-refractivity contribution in [2.24, 2.45) is 0 Å². The first-order valence-corrected chi connectivity index (χ1v) is 13.3. The van der Waals surface area contributed by atoms with Crippen LogP contribution in [0.15, 0.2) is 91.0 Å². The number of phenolic OH excluding ortho intramolecular Hbond substituents is 1. The molecule has 41 heavy (non-hydrogen) atoms. The summed E-state index contributed by atoms with van der Waals surface area (Å²) in [6, 6.07) is 24.1. The summed E-state index contributed by atoms with van der Waals surface area (Å²) in [5, 5.41) is 24.9. The number of aromatic amines is 1. The van der Waals surface area contributed by atoms with Gasteiger partial charge in [-0.05, 0) is 67.4 Å². The van der Waals surface area contributed by atoms with Crippen LogP contribution in [0.3, 0.4) is 0 Å². The lowest BCUT2D eigenvalue weighted by atomic mass is 9.93. The molecular formula is C32H27FN4O4. The number of hydrogen-bond donors (Lipinski definition) is 4. The minimum Gasteiger partial charge on any atom is -0.507 e. The minimum absolute atomic E-state index is 0.0532. The van der Waals surface area contributed by atoms with E-state index in [2.05, 4.69) is 15.3 Å². The highest BCUT2D eigenvalue weighted by molar-refractivity contribution is 6.12. The van der Waals surface area contributed by atoms with E-state index in [0.717, 1.165) is 12.2 Å². The van der Waals surface area contributed by atoms with Crippen LogP contribution in [0, 0.1) is 5.82 Å². The summed E-state index contributed by atoms with van der Waals surface area (Å²) < 4.78 is 13.7. The zero-order chi connectivity index (χ0) is 28.6. The number of carbonyl (C=O) groups is 2. The zero-order valence-corrected chi connectivity index (χ0v) is 22.0. The van der Waals surface area contributed by atoms with E-state index in [-0.39, 0.29) is 23.1 Å². The summed E-state index contributed by atoms with van der Waals surface area (Å²) in [4.78, 5) is 35.0. The van der Waals surface area contributed by atoms with Crippen LogP contribution in [0.1, 0.15) is 50.5 Å². The maximum atomic E-state index is 13.7. The van der Waals surface area contributed by atoms with Gasteiger partial charge in [-0.1, -0.05) is 36.4 Å². The number of rotatable bonds is 8. The fourth-order valence-electron chi connectivity index (χ4n) is 5.32. The highest BCUT2D eigenvalue weighted by atomic mass is 19.1. The summed E-state index contributed by atoms with van der Waals surface area (Å²) in [5.74, 6) is -0.434. The molecule has 1 aliphatic rings. The van der Waals surface area contributed by atoms with E-state index in [1.54, 1.807) is 60.7 Å². The lowest BCUT2D eigenvalue weighted by Gasteiger charge is -2.34. The van der Waals surface area contributed by atoms with E-state index in [1.807, 2.05) is 0 Å². The SMILES string of the molecule is O=C(NCCCCc1nc2ccc(C3(O)c4ccccc4C(=O)N3c3ccc(F)cc3)cc2[nH]1)c1ccccc1O. The molecule has 1 atom stereocenters. The standard InChI is InChI=1S/C32H27FN4O4/c33-21-13-15-22(16-14-21)37-31(40)23-7-1-3-9-25(23)32(37,41)20-12-17-26-27(19-20)36-29(35-26)11-5-6-18-34-30(39)24-8-2-4-10-28(24)38/h1-4,7-10,12-17,19,38,41H,5-6,11,18H2,(H,34,39)(H,35,36). The molecule has 4 aromatic carbocycles. The van der Waals surface area contributed by atoms with Crippen LogP contribution in [0.5, 0.6) is 5.75 Å². The molecular weight excluding hydrogens is 523 g/mol. The van der Waals surface area contributed by atoms with Gasteiger partial charge < -0.3 is 20.5 Å². The number of H-pyrrole nitrogens is 1. The number of amides is 2. The number of halogens is 1. The fraction of sp³-hybridized carbons (Fsp3) is 0.156. The van der Waals surface area contributed by atoms with Crippen molar-refractivity contribution in [2.75, 3.05) is 11.4 Å². The molecule has 2 amide bonds. The number of para-hydroxylation sites is 1. The normalized spacial score (nSPS) is 16.2. The number of imidazole rings is 1. The van der Waals surface area contributed by atoms with Gasteiger partial charge in [0.05, 0.1) is 16.6 Å². The zero-order valence-electron chi connectivity index (χ0n) is 22.0. The monoisotopic (exact) mass is 550 g/mol. The van der Waals surface area contributed by atoms with E-state index < -0.39 is 11.5 Å². The second kappa shape index (κ2) is 10.5. The second-order valence-electron chi connectivity index (χ2n) is 9.98. The van der Waals surface area contributed by atoms with Gasteiger partial charge in [0.1, 0.15) is 17.4 Å². The van der Waals surface area contributed by atoms with Crippen molar-refractivity contribution in [1.29, 1.82) is 0 Å². The van der Waals surface area contributed by atoms with Gasteiger partial charge in [-0.25, -0.2) is 9.37 Å². The lowest BCUT2D eigenvalue weighted by molar-refractivity contribution is 0.0703. The molecule has 9 heteroatoms. The average molecular weight is 551 g/mol. The topological polar surface area (TPSA) is 119 Å². The smallest absolute Gasteiger partial charge is 0.261 e. The Morgan fingerprint density at radius 1 is 0.976 bits per heavy atom. The summed E-state index contributed by atoms with van der Waals surface area (Å²) in [5.41, 5.74) is 1.51. The molecule has 1 aliphatic heterocycles. The molecule has 0 bridgehead atoms. The number of fused-ring (bicyclic) bond motifs is 2. The van der Waals surface area contributed by atoms with E-state index in [1.165, 1.54) is 35.2 Å². The second-order valence-corrected chi connectivity index (χ2v) is 9.98. The van der Waals surface area contributed by atoms with Crippen LogP contribution in [-0.4, -0.2) is 38.5 Å². The number of nitrogens with zero attached hydrogens (tertiary/aromatic N) is 2. The molecule has 0 saturated carbocycles. The van der Waals surface area contributed by atoms with Gasteiger partial charge in [0.15, 0.2) is 5.72 Å². The molecule has 6 rings (SSSR count). The molecule has 0 fully saturated rings. The highest BCUT2D eigenvalue weighted by Crippen LogP contribution is 2.45. The van der Waals surface area contributed by atoms with E-state index in [0.29, 0.717) is 52.8 Å². The number of aromatic nitrogens is 2. The number of carbonyl (C=O) groups excluding carboxylic acids is 2. The first-order valence-electron chi connectivity index (χ1n) is 13.3. The Bertz CT molecular complexity index is 1770. The van der Waals surface area contributed by atoms with Crippen molar-refractivity contribution in [3.63, 3.8) is 0 Å². The number of aromatic hydroxyl groups is 1. The van der Waals surface area contributed by atoms with Crippen molar-refractivity contribution < 1.29 is 24.2 Å². The Kier molecular flexibility index (Phi) is 6.72. The van der Waals surface area contributed by atoms with Gasteiger partial charge in [-0.15, -0.1) is 0 Å². The molecule has 0 saturated heterocycles. The number of phenols is 1. The Labute approximate surface area is 235 Å². The number of benzene rings is 4. The predicted molar refractivity (Wildman–Crippen MR) is 152 cm³/mol. The summed E-state index contributed by atoms with van der Waals surface area (Å²) in [6.45, 7) is 0.456. The molecule has 8 nitrogen and oxygen atoms in total. The van der Waals surface area contributed by atoms with Gasteiger partial charge in [-0.3, -0.25) is 14.5 Å². The predicted octanol–water partition coefficient (Wildman–Crippen LogP) is 5.01. The molecule has 0 aliphatic carbocycles. The van der Waals surface area contributed by atoms with Crippen LogP contribution >= 0.6 is 0 Å². The number of hydrogen-bond acceptors (Lipinski definition) is 5. The third-order valence-corrected chi connectivity index (χ3v) is 7.35. The lowest BCUT2D eigenvalue weighted by Crippen LogP contribution is -2.45. The third-order valence-electron chi connectivity index (χ3n) is 7.35. The van der Waals surface area contributed by atoms with Crippen LogP contribution in [0.2, 0.25) is 0 Å². The van der Waals surface area contributed by atoms with Gasteiger partial charge in [0, 0.05) is 35.3 Å². The van der Waals surface area contributed by atoms with Crippen molar-refractivity contribution in [1.82, 2.24) is 15.3 Å². The molecule has 1 aromatic heterocycles. The van der Waals surface area contributed by atoms with Crippen LogP contribution in [0.4, 0.5) is 10.1 Å². The van der Waals surface area contributed by atoms with Gasteiger partial charge in [-0.2, -0.15) is 0 Å². The molecule has 0 spiro atoms. The number of nitrogens with one attached hydrogen (secondary N) is 2. The van der Waals surface area contributed by atoms with Crippen LogP contribution < -0.4 is 10.2 Å². The van der Waals surface area contributed by atoms with Crippen molar-refractivity contribution in [2.45, 2.75) is 25.0 Å². The molecule has 2 heterocycles. The van der Waals surface area contributed by atoms with Crippen LogP contribution in [-0.2, 0) is 12.1 Å². The van der Waals surface area contributed by atoms with Crippen molar-refractivity contribution in [3.8, 4) is 5.75 Å². The van der Waals surface area contributed by atoms with Crippen molar-refractivity contribution in [3.05, 3.63) is 125 Å². The Morgan fingerprint density at radius 3 is 2.54 bits per heavy atom. The fourth-order valence-corrected chi connectivity index (χ4v) is 5.32. The number of aliphatic hydroxyl groups is 1. The molecule has 4 N–H and O–H groups in total. The van der Waals surface area contributed by atoms with Gasteiger partial charge in [0.2, 0.25) is 0 Å². The van der Waals surface area contributed by atoms with Crippen LogP contribution in [0.25, 0.3) is 11.0 Å². The first-order chi connectivity index (χ1) is 19.9. The number of anilines is 1. The number of unbranched alkanes of at least 4 members (excludes halogenated alkanes) is 1. The van der Waals surface area contributed by atoms with Crippen molar-refractivity contribution >= 4 is 28.5 Å². The first kappa shape index (κ1) is 26.2. The largest absolute Gasteiger partial charge is 0.507 e. The maximum Gasteiger partial charge on any atom is 0.261 e. The Hall–Kier alpha value is -5.02. The quantitative estimate of drug-likeness (QED) is 0.203. The molecule has 0 radical (unpaired) electrons. The third kappa shape index (κ3) is 4.70. The molecule has 5 aromatic rings. The van der Waals surface area contributed by atoms with Gasteiger partial charge >= 0.3 is 0 Å². The maximum absolute atomic E-state index is 13.7. The van der Waals surface area contributed by atoms with E-state index >= 15 is 0 Å². The molecule has 206 valence electrons. The summed E-state index contributed by atoms with van der Waals surface area (Å²) >= 11 is 0. The Morgan fingerprint density at radius 2 is 1.73 bits per heavy atom. The van der Waals surface area contributed by atoms with E-state index in [4.69, 9.17) is 0 Å².